The van der Waals surface area contributed by atoms with Crippen LogP contribution in [0.2, 0.25) is 0 Å². The molecule has 22 heavy (non-hydrogen) atoms. The number of methoxy groups -OCH3 is 1. The Bertz CT molecular complexity index is 646. The predicted molar refractivity (Wildman–Crippen MR) is 79.2 cm³/mol. The fourth-order valence-corrected chi connectivity index (χ4v) is 3.17. The first-order valence-corrected chi connectivity index (χ1v) is 7.39. The molecule has 0 bridgehead atoms. The Morgan fingerprint density at radius 1 is 1.32 bits per heavy atom. The van der Waals surface area contributed by atoms with E-state index in [-0.39, 0.29) is 5.89 Å². The zero-order valence-corrected chi connectivity index (χ0v) is 12.5. The lowest BCUT2D eigenvalue weighted by Crippen LogP contribution is -2.34. The summed E-state index contributed by atoms with van der Waals surface area (Å²) in [6, 6.07) is 10.5. The largest absolute Gasteiger partial charge is 0.370 e. The molecule has 0 unspecified atom stereocenters. The minimum atomic E-state index is -0.719. The number of rotatable bonds is 4. The average molecular weight is 301 g/mol. The van der Waals surface area contributed by atoms with Crippen LogP contribution in [0.1, 0.15) is 53.7 Å². The van der Waals surface area contributed by atoms with Gasteiger partial charge in [0.2, 0.25) is 5.82 Å². The minimum absolute atomic E-state index is 0.170. The van der Waals surface area contributed by atoms with Gasteiger partial charge in [-0.1, -0.05) is 35.5 Å². The van der Waals surface area contributed by atoms with Gasteiger partial charge in [0.15, 0.2) is 0 Å². The zero-order chi connectivity index (χ0) is 15.6. The molecule has 0 radical (unpaired) electrons. The van der Waals surface area contributed by atoms with Crippen LogP contribution in [0.5, 0.6) is 0 Å². The van der Waals surface area contributed by atoms with Gasteiger partial charge < -0.3 is 15.0 Å². The van der Waals surface area contributed by atoms with Crippen molar-refractivity contribution in [2.75, 3.05) is 7.11 Å². The summed E-state index contributed by atoms with van der Waals surface area (Å²) in [4.78, 5) is 15.2. The lowest BCUT2D eigenvalue weighted by atomic mass is 9.75. The topological polar surface area (TPSA) is 91.2 Å². The minimum Gasteiger partial charge on any atom is -0.370 e. The van der Waals surface area contributed by atoms with E-state index in [1.807, 2.05) is 6.07 Å². The van der Waals surface area contributed by atoms with Gasteiger partial charge in [-0.2, -0.15) is 4.98 Å². The zero-order valence-electron chi connectivity index (χ0n) is 12.5. The molecule has 1 aliphatic rings. The first-order chi connectivity index (χ1) is 10.6. The van der Waals surface area contributed by atoms with Gasteiger partial charge in [-0.25, -0.2) is 0 Å². The molecular formula is C16H19N3O3. The van der Waals surface area contributed by atoms with Crippen molar-refractivity contribution in [2.24, 2.45) is 5.73 Å². The van der Waals surface area contributed by atoms with E-state index in [1.165, 1.54) is 5.56 Å². The van der Waals surface area contributed by atoms with Crippen LogP contribution < -0.4 is 5.73 Å². The van der Waals surface area contributed by atoms with Gasteiger partial charge in [0.1, 0.15) is 5.60 Å². The molecule has 2 aromatic rings. The normalized spacial score (nSPS) is 25.0. The highest BCUT2D eigenvalue weighted by atomic mass is 16.5. The number of aromatic nitrogens is 2. The van der Waals surface area contributed by atoms with Crippen molar-refractivity contribution in [1.82, 2.24) is 10.1 Å². The van der Waals surface area contributed by atoms with Crippen LogP contribution in [-0.2, 0) is 10.3 Å². The van der Waals surface area contributed by atoms with E-state index in [0.29, 0.717) is 11.7 Å². The highest BCUT2D eigenvalue weighted by molar-refractivity contribution is 5.87. The second-order valence-electron chi connectivity index (χ2n) is 5.67. The number of amides is 1. The number of nitrogens with two attached hydrogens (primary N) is 1. The van der Waals surface area contributed by atoms with Crippen LogP contribution in [-0.4, -0.2) is 23.2 Å². The highest BCUT2D eigenvalue weighted by Gasteiger charge is 2.41. The maximum absolute atomic E-state index is 11.1. The van der Waals surface area contributed by atoms with Crippen LogP contribution in [0.25, 0.3) is 0 Å². The number of carbonyl (C=O) groups excluding carboxylic acids is 1. The van der Waals surface area contributed by atoms with E-state index in [9.17, 15) is 4.79 Å². The summed E-state index contributed by atoms with van der Waals surface area (Å²) >= 11 is 0. The fourth-order valence-electron chi connectivity index (χ4n) is 3.17. The third-order valence-electron chi connectivity index (χ3n) is 4.50. The fraction of sp³-hybridized carbons (Fsp3) is 0.438. The molecule has 1 fully saturated rings. The SMILES string of the molecule is COC1(c2noc(C(N)=O)n2)CCC(c2ccccc2)CC1. The van der Waals surface area contributed by atoms with Crippen molar-refractivity contribution in [3.05, 3.63) is 47.6 Å². The summed E-state index contributed by atoms with van der Waals surface area (Å²) in [6.45, 7) is 0. The third kappa shape index (κ3) is 2.62. The van der Waals surface area contributed by atoms with E-state index in [2.05, 4.69) is 34.4 Å². The molecule has 6 heteroatoms. The Hall–Kier alpha value is -2.21. The summed E-state index contributed by atoms with van der Waals surface area (Å²) in [7, 11) is 1.64. The van der Waals surface area contributed by atoms with Crippen molar-refractivity contribution in [3.8, 4) is 0 Å². The summed E-state index contributed by atoms with van der Waals surface area (Å²) in [6.07, 6.45) is 3.50. The van der Waals surface area contributed by atoms with Gasteiger partial charge in [0.05, 0.1) is 0 Å². The Kier molecular flexibility index (Phi) is 3.94. The monoisotopic (exact) mass is 301 g/mol. The Balaban J connectivity index is 1.77. The molecule has 0 saturated heterocycles. The third-order valence-corrected chi connectivity index (χ3v) is 4.50. The molecule has 0 spiro atoms. The molecule has 116 valence electrons. The van der Waals surface area contributed by atoms with E-state index in [1.54, 1.807) is 7.11 Å². The maximum Gasteiger partial charge on any atom is 0.315 e. The summed E-state index contributed by atoms with van der Waals surface area (Å²) in [5.41, 5.74) is 5.91. The molecule has 2 N–H and O–H groups in total. The second kappa shape index (κ2) is 5.88. The van der Waals surface area contributed by atoms with Crippen molar-refractivity contribution in [1.29, 1.82) is 0 Å². The Morgan fingerprint density at radius 2 is 2.00 bits per heavy atom. The van der Waals surface area contributed by atoms with Crippen molar-refractivity contribution in [2.45, 2.75) is 37.2 Å². The molecule has 1 saturated carbocycles. The van der Waals surface area contributed by atoms with Crippen LogP contribution in [0.3, 0.4) is 0 Å². The van der Waals surface area contributed by atoms with Gasteiger partial charge in [-0.3, -0.25) is 4.79 Å². The molecule has 0 aliphatic heterocycles. The second-order valence-corrected chi connectivity index (χ2v) is 5.67. The number of nitrogens with zero attached hydrogens (tertiary/aromatic N) is 2. The molecule has 0 atom stereocenters. The molecule has 1 aromatic heterocycles. The van der Waals surface area contributed by atoms with Gasteiger partial charge in [0, 0.05) is 7.11 Å². The number of ether oxygens (including phenoxy) is 1. The van der Waals surface area contributed by atoms with Crippen molar-refractivity contribution < 1.29 is 14.1 Å². The first-order valence-electron chi connectivity index (χ1n) is 7.39. The molecule has 6 nitrogen and oxygen atoms in total. The van der Waals surface area contributed by atoms with E-state index >= 15 is 0 Å². The Labute approximate surface area is 128 Å². The highest BCUT2D eigenvalue weighted by Crippen LogP contribution is 2.44. The summed E-state index contributed by atoms with van der Waals surface area (Å²) < 4.78 is 10.6. The number of benzene rings is 1. The van der Waals surface area contributed by atoms with Crippen LogP contribution in [0.4, 0.5) is 0 Å². The van der Waals surface area contributed by atoms with Gasteiger partial charge in [-0.15, -0.1) is 0 Å². The summed E-state index contributed by atoms with van der Waals surface area (Å²) in [5, 5.41) is 3.89. The van der Waals surface area contributed by atoms with E-state index in [0.717, 1.165) is 25.7 Å². The van der Waals surface area contributed by atoms with E-state index < -0.39 is 11.5 Å². The van der Waals surface area contributed by atoms with Crippen LogP contribution >= 0.6 is 0 Å². The quantitative estimate of drug-likeness (QED) is 0.936. The molecule has 1 heterocycles. The number of primary amides is 1. The smallest absolute Gasteiger partial charge is 0.315 e. The standard InChI is InChI=1S/C16H19N3O3/c1-21-16(15-18-14(13(17)20)22-19-15)9-7-12(8-10-16)11-5-3-2-4-6-11/h2-6,12H,7-10H2,1H3,(H2,17,20). The Morgan fingerprint density at radius 3 is 2.55 bits per heavy atom. The van der Waals surface area contributed by atoms with Gasteiger partial charge >= 0.3 is 11.8 Å². The molecule has 1 amide bonds. The lowest BCUT2D eigenvalue weighted by molar-refractivity contribution is -0.0564. The summed E-state index contributed by atoms with van der Waals surface area (Å²) in [5.74, 6) is 0.0295. The number of hydrogen-bond acceptors (Lipinski definition) is 5. The predicted octanol–water partition coefficient (Wildman–Crippen LogP) is 2.37. The van der Waals surface area contributed by atoms with E-state index in [4.69, 9.17) is 15.0 Å². The van der Waals surface area contributed by atoms with Crippen molar-refractivity contribution >= 4 is 5.91 Å². The van der Waals surface area contributed by atoms with Gasteiger partial charge in [-0.05, 0) is 37.2 Å². The van der Waals surface area contributed by atoms with Gasteiger partial charge in [0.25, 0.3) is 0 Å². The molecule has 1 aromatic carbocycles. The average Bonchev–Trinajstić information content (AvgIpc) is 3.07. The lowest BCUT2D eigenvalue weighted by Gasteiger charge is -2.36. The first kappa shape index (κ1) is 14.7. The number of hydrogen-bond donors (Lipinski definition) is 1. The molecule has 1 aliphatic carbocycles. The van der Waals surface area contributed by atoms with Crippen LogP contribution in [0.15, 0.2) is 34.9 Å². The maximum atomic E-state index is 11.1. The molecule has 3 rings (SSSR count). The number of carbonyl (C=O) groups is 1. The molecular weight excluding hydrogens is 282 g/mol. The van der Waals surface area contributed by atoms with Crippen molar-refractivity contribution in [3.63, 3.8) is 0 Å². The van der Waals surface area contributed by atoms with Crippen LogP contribution in [0, 0.1) is 0 Å².